The van der Waals surface area contributed by atoms with E-state index >= 15 is 0 Å². The molecule has 0 amide bonds. The fourth-order valence-electron chi connectivity index (χ4n) is 3.12. The summed E-state index contributed by atoms with van der Waals surface area (Å²) in [6.45, 7) is 9.54. The van der Waals surface area contributed by atoms with Crippen molar-refractivity contribution in [3.05, 3.63) is 0 Å². The van der Waals surface area contributed by atoms with Gasteiger partial charge in [0, 0.05) is 12.1 Å². The quantitative estimate of drug-likeness (QED) is 0.746. The van der Waals surface area contributed by atoms with Crippen LogP contribution in [-0.2, 0) is 0 Å². The minimum absolute atomic E-state index is 0.581. The SMILES string of the molecule is CC1NCCC1CNC1CCC(C)(C)C1. The second kappa shape index (κ2) is 4.42. The molecular weight excluding hydrogens is 184 g/mol. The third-order valence-corrected chi connectivity index (χ3v) is 4.33. The van der Waals surface area contributed by atoms with E-state index in [4.69, 9.17) is 0 Å². The van der Waals surface area contributed by atoms with Gasteiger partial charge in [-0.25, -0.2) is 0 Å². The van der Waals surface area contributed by atoms with E-state index in [1.807, 2.05) is 0 Å². The molecule has 1 saturated carbocycles. The molecule has 1 aliphatic heterocycles. The fourth-order valence-corrected chi connectivity index (χ4v) is 3.12. The maximum Gasteiger partial charge on any atom is 0.00795 e. The Labute approximate surface area is 94.2 Å². The van der Waals surface area contributed by atoms with Crippen LogP contribution in [0, 0.1) is 11.3 Å². The number of hydrogen-bond donors (Lipinski definition) is 2. The molecule has 2 nitrogen and oxygen atoms in total. The highest BCUT2D eigenvalue weighted by atomic mass is 15.0. The summed E-state index contributed by atoms with van der Waals surface area (Å²) in [5.41, 5.74) is 0.581. The van der Waals surface area contributed by atoms with Crippen LogP contribution in [0.15, 0.2) is 0 Å². The number of nitrogens with one attached hydrogen (secondary N) is 2. The summed E-state index contributed by atoms with van der Waals surface area (Å²) >= 11 is 0. The Hall–Kier alpha value is -0.0800. The van der Waals surface area contributed by atoms with Crippen LogP contribution in [0.1, 0.15) is 46.5 Å². The molecule has 2 aliphatic rings. The zero-order valence-electron chi connectivity index (χ0n) is 10.5. The molecule has 3 atom stereocenters. The van der Waals surface area contributed by atoms with Crippen LogP contribution in [0.2, 0.25) is 0 Å². The minimum Gasteiger partial charge on any atom is -0.314 e. The molecule has 1 aliphatic carbocycles. The van der Waals surface area contributed by atoms with Crippen molar-refractivity contribution in [3.63, 3.8) is 0 Å². The summed E-state index contributed by atoms with van der Waals surface area (Å²) in [6.07, 6.45) is 5.48. The van der Waals surface area contributed by atoms with Crippen LogP contribution < -0.4 is 10.6 Å². The van der Waals surface area contributed by atoms with Gasteiger partial charge in [0.15, 0.2) is 0 Å². The van der Waals surface area contributed by atoms with Crippen LogP contribution in [0.3, 0.4) is 0 Å². The highest BCUT2D eigenvalue weighted by Gasteiger charge is 2.31. The molecule has 2 heteroatoms. The van der Waals surface area contributed by atoms with Gasteiger partial charge in [0.1, 0.15) is 0 Å². The van der Waals surface area contributed by atoms with E-state index in [0.29, 0.717) is 11.5 Å². The zero-order valence-corrected chi connectivity index (χ0v) is 10.5. The molecule has 0 aromatic heterocycles. The molecule has 2 rings (SSSR count). The summed E-state index contributed by atoms with van der Waals surface area (Å²) in [5, 5.41) is 7.29. The van der Waals surface area contributed by atoms with Crippen molar-refractivity contribution in [3.8, 4) is 0 Å². The normalized spacial score (nSPS) is 39.8. The van der Waals surface area contributed by atoms with Crippen LogP contribution >= 0.6 is 0 Å². The van der Waals surface area contributed by atoms with Crippen LogP contribution in [0.4, 0.5) is 0 Å². The first-order valence-electron chi connectivity index (χ1n) is 6.54. The Morgan fingerprint density at radius 2 is 2.13 bits per heavy atom. The molecule has 1 saturated heterocycles. The predicted molar refractivity (Wildman–Crippen MR) is 65.0 cm³/mol. The minimum atomic E-state index is 0.581. The van der Waals surface area contributed by atoms with Gasteiger partial charge in [-0.3, -0.25) is 0 Å². The lowest BCUT2D eigenvalue weighted by Gasteiger charge is -2.21. The van der Waals surface area contributed by atoms with Gasteiger partial charge in [0.2, 0.25) is 0 Å². The first-order valence-corrected chi connectivity index (χ1v) is 6.54. The van der Waals surface area contributed by atoms with Crippen molar-refractivity contribution < 1.29 is 0 Å². The Morgan fingerprint density at radius 3 is 2.67 bits per heavy atom. The Balaban J connectivity index is 1.70. The van der Waals surface area contributed by atoms with Crippen LogP contribution in [0.25, 0.3) is 0 Å². The Bertz CT molecular complexity index is 213. The average Bonchev–Trinajstić information content (AvgIpc) is 2.69. The Kier molecular flexibility index (Phi) is 3.36. The molecule has 0 bridgehead atoms. The Morgan fingerprint density at radius 1 is 1.33 bits per heavy atom. The van der Waals surface area contributed by atoms with E-state index in [9.17, 15) is 0 Å². The topological polar surface area (TPSA) is 24.1 Å². The lowest BCUT2D eigenvalue weighted by molar-refractivity contribution is 0.351. The summed E-state index contributed by atoms with van der Waals surface area (Å²) < 4.78 is 0. The second-order valence-electron chi connectivity index (χ2n) is 6.30. The number of hydrogen-bond acceptors (Lipinski definition) is 2. The van der Waals surface area contributed by atoms with Crippen molar-refractivity contribution in [2.75, 3.05) is 13.1 Å². The smallest absolute Gasteiger partial charge is 0.00795 e. The van der Waals surface area contributed by atoms with Gasteiger partial charge in [-0.2, -0.15) is 0 Å². The highest BCUT2D eigenvalue weighted by molar-refractivity contribution is 4.88. The molecular formula is C13H26N2. The lowest BCUT2D eigenvalue weighted by Crippen LogP contribution is -2.36. The molecule has 0 aromatic rings. The maximum atomic E-state index is 3.77. The van der Waals surface area contributed by atoms with Gasteiger partial charge in [0.25, 0.3) is 0 Å². The molecule has 0 radical (unpaired) electrons. The average molecular weight is 210 g/mol. The van der Waals surface area contributed by atoms with E-state index in [1.165, 1.54) is 38.8 Å². The summed E-state index contributed by atoms with van der Waals surface area (Å²) in [4.78, 5) is 0. The van der Waals surface area contributed by atoms with Gasteiger partial charge >= 0.3 is 0 Å². The van der Waals surface area contributed by atoms with Crippen LogP contribution in [-0.4, -0.2) is 25.2 Å². The van der Waals surface area contributed by atoms with E-state index < -0.39 is 0 Å². The molecule has 2 fully saturated rings. The third-order valence-electron chi connectivity index (χ3n) is 4.33. The maximum absolute atomic E-state index is 3.77. The molecule has 15 heavy (non-hydrogen) atoms. The number of rotatable bonds is 3. The predicted octanol–water partition coefficient (Wildman–Crippen LogP) is 2.15. The van der Waals surface area contributed by atoms with Crippen molar-refractivity contribution in [2.24, 2.45) is 11.3 Å². The van der Waals surface area contributed by atoms with E-state index in [1.54, 1.807) is 0 Å². The van der Waals surface area contributed by atoms with Crippen molar-refractivity contribution in [1.82, 2.24) is 10.6 Å². The van der Waals surface area contributed by atoms with Crippen molar-refractivity contribution in [2.45, 2.75) is 58.5 Å². The summed E-state index contributed by atoms with van der Waals surface area (Å²) in [7, 11) is 0. The molecule has 88 valence electrons. The van der Waals surface area contributed by atoms with Gasteiger partial charge < -0.3 is 10.6 Å². The highest BCUT2D eigenvalue weighted by Crippen LogP contribution is 2.37. The van der Waals surface area contributed by atoms with Crippen molar-refractivity contribution in [1.29, 1.82) is 0 Å². The largest absolute Gasteiger partial charge is 0.314 e. The van der Waals surface area contributed by atoms with Gasteiger partial charge in [0.05, 0.1) is 0 Å². The van der Waals surface area contributed by atoms with Crippen LogP contribution in [0.5, 0.6) is 0 Å². The van der Waals surface area contributed by atoms with Gasteiger partial charge in [-0.1, -0.05) is 13.8 Å². The first-order chi connectivity index (χ1) is 7.07. The third kappa shape index (κ3) is 2.94. The lowest BCUT2D eigenvalue weighted by atomic mass is 9.91. The van der Waals surface area contributed by atoms with E-state index in [0.717, 1.165) is 12.0 Å². The van der Waals surface area contributed by atoms with Crippen molar-refractivity contribution >= 4 is 0 Å². The monoisotopic (exact) mass is 210 g/mol. The molecule has 0 aromatic carbocycles. The molecule has 1 heterocycles. The summed E-state index contributed by atoms with van der Waals surface area (Å²) in [5.74, 6) is 0.855. The summed E-state index contributed by atoms with van der Waals surface area (Å²) in [6, 6.07) is 1.50. The molecule has 0 spiro atoms. The standard InChI is InChI=1S/C13H26N2/c1-10-11(5-7-14-10)9-15-12-4-6-13(2,3)8-12/h10-12,14-15H,4-9H2,1-3H3. The fraction of sp³-hybridized carbons (Fsp3) is 1.00. The first kappa shape index (κ1) is 11.4. The molecule has 2 N–H and O–H groups in total. The zero-order chi connectivity index (χ0) is 10.9. The second-order valence-corrected chi connectivity index (χ2v) is 6.30. The van der Waals surface area contributed by atoms with Gasteiger partial charge in [-0.15, -0.1) is 0 Å². The van der Waals surface area contributed by atoms with E-state index in [2.05, 4.69) is 31.4 Å². The van der Waals surface area contributed by atoms with E-state index in [-0.39, 0.29) is 0 Å². The molecule has 3 unspecified atom stereocenters. The van der Waals surface area contributed by atoms with Gasteiger partial charge in [-0.05, 0) is 57.0 Å².